The maximum absolute atomic E-state index is 12.3. The van der Waals surface area contributed by atoms with Crippen molar-refractivity contribution in [2.24, 2.45) is 0 Å². The first-order valence-electron chi connectivity index (χ1n) is 7.80. The molecule has 2 heterocycles. The summed E-state index contributed by atoms with van der Waals surface area (Å²) in [6.07, 6.45) is 9.86. The lowest BCUT2D eigenvalue weighted by Crippen LogP contribution is -2.50. The summed E-state index contributed by atoms with van der Waals surface area (Å²) in [6.45, 7) is 1.41. The number of amides is 2. The minimum atomic E-state index is -0.0181. The monoisotopic (exact) mass is 290 g/mol. The summed E-state index contributed by atoms with van der Waals surface area (Å²) in [5.74, 6) is 0. The lowest BCUT2D eigenvalue weighted by Gasteiger charge is -2.33. The molecule has 0 bridgehead atoms. The molecule has 0 spiro atoms. The smallest absolute Gasteiger partial charge is 0.317 e. The molecule has 1 aromatic rings. The van der Waals surface area contributed by atoms with Crippen molar-refractivity contribution in [3.63, 3.8) is 0 Å². The number of aromatic nitrogens is 2. The van der Waals surface area contributed by atoms with Crippen molar-refractivity contribution in [1.29, 1.82) is 0 Å². The molecule has 1 saturated carbocycles. The summed E-state index contributed by atoms with van der Waals surface area (Å²) in [5, 5.41) is 3.13. The number of ether oxygens (including phenoxy) is 1. The Kier molecular flexibility index (Phi) is 4.52. The van der Waals surface area contributed by atoms with E-state index in [1.165, 1.54) is 12.8 Å². The number of urea groups is 1. The molecule has 0 radical (unpaired) electrons. The van der Waals surface area contributed by atoms with Crippen LogP contribution in [0, 0.1) is 0 Å². The van der Waals surface area contributed by atoms with Gasteiger partial charge in [0.15, 0.2) is 0 Å². The van der Waals surface area contributed by atoms with Crippen molar-refractivity contribution >= 4 is 6.03 Å². The highest BCUT2D eigenvalue weighted by Crippen LogP contribution is 2.19. The molecule has 2 amide bonds. The van der Waals surface area contributed by atoms with Gasteiger partial charge in [0.05, 0.1) is 6.54 Å². The highest BCUT2D eigenvalue weighted by Gasteiger charge is 2.27. The Morgan fingerprint density at radius 1 is 1.19 bits per heavy atom. The first-order valence-corrected chi connectivity index (χ1v) is 7.80. The fourth-order valence-electron chi connectivity index (χ4n) is 3.05. The van der Waals surface area contributed by atoms with Crippen LogP contribution in [0.2, 0.25) is 0 Å². The Labute approximate surface area is 124 Å². The molecular formula is C15H22N4O2. The second-order valence-corrected chi connectivity index (χ2v) is 5.79. The third-order valence-electron chi connectivity index (χ3n) is 4.16. The molecule has 1 aromatic heterocycles. The van der Waals surface area contributed by atoms with Crippen LogP contribution in [0.1, 0.15) is 38.5 Å². The van der Waals surface area contributed by atoms with Gasteiger partial charge in [0, 0.05) is 25.0 Å². The van der Waals surface area contributed by atoms with Crippen LogP contribution in [-0.2, 0) is 0 Å². The van der Waals surface area contributed by atoms with Gasteiger partial charge in [0.1, 0.15) is 6.10 Å². The summed E-state index contributed by atoms with van der Waals surface area (Å²) in [4.78, 5) is 22.3. The molecule has 3 rings (SSSR count). The van der Waals surface area contributed by atoms with E-state index >= 15 is 0 Å². The molecule has 1 N–H and O–H groups in total. The maximum atomic E-state index is 12.3. The quantitative estimate of drug-likeness (QED) is 0.924. The number of carbonyl (C=O) groups excluding carboxylic acids is 1. The second kappa shape index (κ2) is 6.74. The lowest BCUT2D eigenvalue weighted by atomic mass is 10.1. The molecule has 2 aliphatic rings. The van der Waals surface area contributed by atoms with E-state index in [1.54, 1.807) is 18.5 Å². The van der Waals surface area contributed by atoms with Crippen LogP contribution in [0.25, 0.3) is 0 Å². The predicted molar refractivity (Wildman–Crippen MR) is 78.0 cm³/mol. The van der Waals surface area contributed by atoms with Crippen LogP contribution >= 0.6 is 0 Å². The zero-order valence-electron chi connectivity index (χ0n) is 12.2. The van der Waals surface area contributed by atoms with Crippen LogP contribution in [0.4, 0.5) is 4.79 Å². The average Bonchev–Trinajstić information content (AvgIpc) is 3.01. The first kappa shape index (κ1) is 14.1. The first-order chi connectivity index (χ1) is 10.3. The number of carbonyl (C=O) groups is 1. The maximum Gasteiger partial charge on any atom is 0.317 e. The third-order valence-corrected chi connectivity index (χ3v) is 4.16. The van der Waals surface area contributed by atoms with Gasteiger partial charge in [-0.3, -0.25) is 0 Å². The van der Waals surface area contributed by atoms with E-state index in [-0.39, 0.29) is 12.1 Å². The van der Waals surface area contributed by atoms with E-state index in [2.05, 4.69) is 15.3 Å². The summed E-state index contributed by atoms with van der Waals surface area (Å²) < 4.78 is 5.76. The van der Waals surface area contributed by atoms with E-state index in [4.69, 9.17) is 4.74 Å². The van der Waals surface area contributed by atoms with Gasteiger partial charge in [0.25, 0.3) is 0 Å². The van der Waals surface area contributed by atoms with Crippen molar-refractivity contribution in [2.45, 2.75) is 50.7 Å². The number of piperidine rings is 1. The number of hydrogen-bond acceptors (Lipinski definition) is 4. The third kappa shape index (κ3) is 3.83. The van der Waals surface area contributed by atoms with Gasteiger partial charge in [-0.1, -0.05) is 12.8 Å². The number of hydrogen-bond donors (Lipinski definition) is 1. The second-order valence-electron chi connectivity index (χ2n) is 5.79. The van der Waals surface area contributed by atoms with Crippen molar-refractivity contribution < 1.29 is 9.53 Å². The van der Waals surface area contributed by atoms with E-state index in [0.717, 1.165) is 32.2 Å². The Hall–Kier alpha value is -1.85. The van der Waals surface area contributed by atoms with E-state index < -0.39 is 0 Å². The van der Waals surface area contributed by atoms with Crippen molar-refractivity contribution in [1.82, 2.24) is 20.2 Å². The Balaban J connectivity index is 1.51. The fourth-order valence-corrected chi connectivity index (χ4v) is 3.05. The topological polar surface area (TPSA) is 67.4 Å². The average molecular weight is 290 g/mol. The molecule has 6 nitrogen and oxygen atoms in total. The van der Waals surface area contributed by atoms with E-state index in [9.17, 15) is 4.79 Å². The van der Waals surface area contributed by atoms with Gasteiger partial charge >= 0.3 is 12.0 Å². The Bertz CT molecular complexity index is 462. The molecule has 0 aromatic carbocycles. The van der Waals surface area contributed by atoms with Gasteiger partial charge in [-0.05, 0) is 31.7 Å². The standard InChI is InChI=1S/C15H22N4O2/c20-15(18-12-5-1-2-6-12)19-10-3-7-13(11-19)21-14-16-8-4-9-17-14/h4,8-9,12-13H,1-3,5-7,10-11H2,(H,18,20)/t13-/m0/s1. The Morgan fingerprint density at radius 2 is 1.95 bits per heavy atom. The number of likely N-dealkylation sites (tertiary alicyclic amines) is 1. The van der Waals surface area contributed by atoms with Crippen molar-refractivity contribution in [2.75, 3.05) is 13.1 Å². The highest BCUT2D eigenvalue weighted by atomic mass is 16.5. The lowest BCUT2D eigenvalue weighted by molar-refractivity contribution is 0.0929. The summed E-state index contributed by atoms with van der Waals surface area (Å²) >= 11 is 0. The van der Waals surface area contributed by atoms with Crippen molar-refractivity contribution in [3.05, 3.63) is 18.5 Å². The molecule has 1 aliphatic carbocycles. The van der Waals surface area contributed by atoms with Crippen LogP contribution in [0.5, 0.6) is 6.01 Å². The SMILES string of the molecule is O=C(NC1CCCC1)N1CCC[C@H](Oc2ncccn2)C1. The molecule has 1 atom stereocenters. The van der Waals surface area contributed by atoms with E-state index in [0.29, 0.717) is 18.6 Å². The number of nitrogens with zero attached hydrogens (tertiary/aromatic N) is 3. The van der Waals surface area contributed by atoms with Gasteiger partial charge in [0.2, 0.25) is 0 Å². The number of rotatable bonds is 3. The largest absolute Gasteiger partial charge is 0.458 e. The van der Waals surface area contributed by atoms with E-state index in [1.807, 2.05) is 4.90 Å². The van der Waals surface area contributed by atoms with Gasteiger partial charge in [-0.15, -0.1) is 0 Å². The molecule has 1 saturated heterocycles. The normalized spacial score (nSPS) is 23.0. The van der Waals surface area contributed by atoms with Crippen molar-refractivity contribution in [3.8, 4) is 6.01 Å². The fraction of sp³-hybridized carbons (Fsp3) is 0.667. The van der Waals surface area contributed by atoms with Crippen LogP contribution in [-0.4, -0.2) is 46.1 Å². The molecule has 6 heteroatoms. The Morgan fingerprint density at radius 3 is 2.71 bits per heavy atom. The van der Waals surface area contributed by atoms with Crippen LogP contribution in [0.3, 0.4) is 0 Å². The molecule has 2 fully saturated rings. The minimum Gasteiger partial charge on any atom is -0.458 e. The highest BCUT2D eigenvalue weighted by molar-refractivity contribution is 5.74. The van der Waals surface area contributed by atoms with Crippen LogP contribution < -0.4 is 10.1 Å². The summed E-state index contributed by atoms with van der Waals surface area (Å²) in [6, 6.07) is 2.55. The van der Waals surface area contributed by atoms with Gasteiger partial charge in [-0.2, -0.15) is 0 Å². The van der Waals surface area contributed by atoms with Gasteiger partial charge < -0.3 is 15.0 Å². The molecule has 1 aliphatic heterocycles. The molecule has 0 unspecified atom stereocenters. The number of nitrogens with one attached hydrogen (secondary N) is 1. The molecule has 21 heavy (non-hydrogen) atoms. The van der Waals surface area contributed by atoms with Gasteiger partial charge in [-0.25, -0.2) is 14.8 Å². The zero-order valence-corrected chi connectivity index (χ0v) is 12.2. The minimum absolute atomic E-state index is 0.0181. The molecular weight excluding hydrogens is 268 g/mol. The molecule has 114 valence electrons. The predicted octanol–water partition coefficient (Wildman–Crippen LogP) is 1.97. The van der Waals surface area contributed by atoms with Crippen LogP contribution in [0.15, 0.2) is 18.5 Å². The zero-order chi connectivity index (χ0) is 14.5. The summed E-state index contributed by atoms with van der Waals surface area (Å²) in [5.41, 5.74) is 0. The summed E-state index contributed by atoms with van der Waals surface area (Å²) in [7, 11) is 0.